The van der Waals surface area contributed by atoms with E-state index in [0.29, 0.717) is 24.2 Å². The van der Waals surface area contributed by atoms with Crippen molar-refractivity contribution in [1.82, 2.24) is 0 Å². The number of rotatable bonds is 2. The molecule has 1 saturated heterocycles. The zero-order valence-corrected chi connectivity index (χ0v) is 12.0. The lowest BCUT2D eigenvalue weighted by atomic mass is 10.0. The smallest absolute Gasteiger partial charge is 0.382 e. The van der Waals surface area contributed by atoms with Crippen molar-refractivity contribution in [3.63, 3.8) is 0 Å². The SMILES string of the molecule is Cc1c(N2CCCC2C(O)C(F)(F)F)ccc(C#N)c1Cl. The number of halogens is 4. The summed E-state index contributed by atoms with van der Waals surface area (Å²) in [4.78, 5) is 1.53. The molecule has 0 aliphatic carbocycles. The second-order valence-corrected chi connectivity index (χ2v) is 5.45. The fourth-order valence-electron chi connectivity index (χ4n) is 2.71. The zero-order chi connectivity index (χ0) is 15.8. The third-order valence-corrected chi connectivity index (χ3v) is 4.27. The normalized spacial score (nSPS) is 20.4. The van der Waals surface area contributed by atoms with Crippen LogP contribution in [0.4, 0.5) is 18.9 Å². The topological polar surface area (TPSA) is 47.3 Å². The molecule has 7 heteroatoms. The minimum Gasteiger partial charge on any atom is -0.382 e. The Morgan fingerprint density at radius 3 is 2.71 bits per heavy atom. The second kappa shape index (κ2) is 5.74. The molecule has 1 heterocycles. The predicted octanol–water partition coefficient (Wildman–Crippen LogP) is 3.41. The van der Waals surface area contributed by atoms with Gasteiger partial charge in [0.05, 0.1) is 16.6 Å². The summed E-state index contributed by atoms with van der Waals surface area (Å²) >= 11 is 6.06. The van der Waals surface area contributed by atoms with Crippen molar-refractivity contribution in [2.75, 3.05) is 11.4 Å². The molecule has 114 valence electrons. The zero-order valence-electron chi connectivity index (χ0n) is 11.3. The van der Waals surface area contributed by atoms with Crippen LogP contribution in [0.25, 0.3) is 0 Å². The molecule has 0 bridgehead atoms. The standard InChI is InChI=1S/C14H14ClF3N2O/c1-8-10(5-4-9(7-19)12(8)15)20-6-2-3-11(20)13(21)14(16,17)18/h4-5,11,13,21H,2-3,6H2,1H3. The summed E-state index contributed by atoms with van der Waals surface area (Å²) in [6.07, 6.45) is -6.22. The van der Waals surface area contributed by atoms with Crippen LogP contribution in [0.15, 0.2) is 12.1 Å². The van der Waals surface area contributed by atoms with E-state index in [1.54, 1.807) is 13.0 Å². The van der Waals surface area contributed by atoms with E-state index in [2.05, 4.69) is 0 Å². The first-order valence-electron chi connectivity index (χ1n) is 6.48. The highest BCUT2D eigenvalue weighted by molar-refractivity contribution is 6.32. The molecule has 1 aliphatic heterocycles. The van der Waals surface area contributed by atoms with E-state index in [9.17, 15) is 18.3 Å². The summed E-state index contributed by atoms with van der Waals surface area (Å²) in [7, 11) is 0. The highest BCUT2D eigenvalue weighted by atomic mass is 35.5. The Kier molecular flexibility index (Phi) is 4.35. The fourth-order valence-corrected chi connectivity index (χ4v) is 2.91. The first-order valence-corrected chi connectivity index (χ1v) is 6.85. The maximum atomic E-state index is 12.7. The molecule has 1 fully saturated rings. The third kappa shape index (κ3) is 2.94. The van der Waals surface area contributed by atoms with Crippen molar-refractivity contribution >= 4 is 17.3 Å². The van der Waals surface area contributed by atoms with Gasteiger partial charge in [-0.25, -0.2) is 0 Å². The number of aliphatic hydroxyl groups is 1. The molecular weight excluding hydrogens is 305 g/mol. The van der Waals surface area contributed by atoms with Gasteiger partial charge in [0.15, 0.2) is 6.10 Å². The predicted molar refractivity (Wildman–Crippen MR) is 73.3 cm³/mol. The number of aliphatic hydroxyl groups excluding tert-OH is 1. The van der Waals surface area contributed by atoms with Gasteiger partial charge in [0.2, 0.25) is 0 Å². The summed E-state index contributed by atoms with van der Waals surface area (Å²) in [5, 5.41) is 18.7. The molecule has 1 aromatic rings. The van der Waals surface area contributed by atoms with Crippen LogP contribution in [0.5, 0.6) is 0 Å². The van der Waals surface area contributed by atoms with Crippen molar-refractivity contribution in [1.29, 1.82) is 5.26 Å². The van der Waals surface area contributed by atoms with E-state index in [1.807, 2.05) is 6.07 Å². The molecule has 0 spiro atoms. The maximum Gasteiger partial charge on any atom is 0.416 e. The number of anilines is 1. The first-order chi connectivity index (χ1) is 9.77. The van der Waals surface area contributed by atoms with Gasteiger partial charge in [-0.2, -0.15) is 18.4 Å². The molecule has 2 unspecified atom stereocenters. The average molecular weight is 319 g/mol. The highest BCUT2D eigenvalue weighted by Gasteiger charge is 2.47. The van der Waals surface area contributed by atoms with Gasteiger partial charge in [0.1, 0.15) is 6.07 Å². The summed E-state index contributed by atoms with van der Waals surface area (Å²) in [5.74, 6) is 0. The van der Waals surface area contributed by atoms with Gasteiger partial charge in [0.25, 0.3) is 0 Å². The summed E-state index contributed by atoms with van der Waals surface area (Å²) in [6, 6.07) is 3.98. The molecular formula is C14H14ClF3N2O. The van der Waals surface area contributed by atoms with Gasteiger partial charge in [0, 0.05) is 12.2 Å². The van der Waals surface area contributed by atoms with Gasteiger partial charge < -0.3 is 10.0 Å². The molecule has 1 aromatic carbocycles. The third-order valence-electron chi connectivity index (χ3n) is 3.79. The molecule has 0 aromatic heterocycles. The number of nitrogens with zero attached hydrogens (tertiary/aromatic N) is 2. The van der Waals surface area contributed by atoms with Crippen LogP contribution < -0.4 is 4.90 Å². The van der Waals surface area contributed by atoms with E-state index in [0.717, 1.165) is 0 Å². The Balaban J connectivity index is 2.38. The van der Waals surface area contributed by atoms with Crippen molar-refractivity contribution in [3.8, 4) is 6.07 Å². The number of alkyl halides is 3. The Labute approximate surface area is 125 Å². The number of benzene rings is 1. The van der Waals surface area contributed by atoms with E-state index in [1.165, 1.54) is 11.0 Å². The molecule has 1 N–H and O–H groups in total. The summed E-state index contributed by atoms with van der Waals surface area (Å²) < 4.78 is 38.2. The largest absolute Gasteiger partial charge is 0.416 e. The monoisotopic (exact) mass is 318 g/mol. The van der Waals surface area contributed by atoms with Gasteiger partial charge in [-0.3, -0.25) is 0 Å². The minimum absolute atomic E-state index is 0.238. The molecule has 0 amide bonds. The van der Waals surface area contributed by atoms with E-state index < -0.39 is 18.3 Å². The van der Waals surface area contributed by atoms with E-state index >= 15 is 0 Å². The van der Waals surface area contributed by atoms with Crippen LogP contribution in [-0.4, -0.2) is 30.0 Å². The van der Waals surface area contributed by atoms with Crippen molar-refractivity contribution < 1.29 is 18.3 Å². The lowest BCUT2D eigenvalue weighted by molar-refractivity contribution is -0.209. The van der Waals surface area contributed by atoms with Crippen LogP contribution in [0.1, 0.15) is 24.0 Å². The Bertz CT molecular complexity index is 583. The second-order valence-electron chi connectivity index (χ2n) is 5.07. The van der Waals surface area contributed by atoms with Crippen LogP contribution in [0, 0.1) is 18.3 Å². The Hall–Kier alpha value is -1.45. The van der Waals surface area contributed by atoms with Crippen LogP contribution in [-0.2, 0) is 0 Å². The summed E-state index contributed by atoms with van der Waals surface area (Å²) in [6.45, 7) is 2.08. The lowest BCUT2D eigenvalue weighted by Gasteiger charge is -2.32. The number of nitriles is 1. The molecule has 2 rings (SSSR count). The van der Waals surface area contributed by atoms with Crippen LogP contribution in [0.2, 0.25) is 5.02 Å². The molecule has 0 radical (unpaired) electrons. The Morgan fingerprint density at radius 2 is 2.14 bits per heavy atom. The molecule has 1 aliphatic rings. The van der Waals surface area contributed by atoms with E-state index in [4.69, 9.17) is 16.9 Å². The van der Waals surface area contributed by atoms with Gasteiger partial charge >= 0.3 is 6.18 Å². The average Bonchev–Trinajstić information content (AvgIpc) is 2.88. The van der Waals surface area contributed by atoms with Gasteiger partial charge in [-0.1, -0.05) is 11.6 Å². The summed E-state index contributed by atoms with van der Waals surface area (Å²) in [5.41, 5.74) is 1.37. The maximum absolute atomic E-state index is 12.7. The first kappa shape index (κ1) is 15.9. The molecule has 0 saturated carbocycles. The lowest BCUT2D eigenvalue weighted by Crippen LogP contribution is -2.47. The number of hydrogen-bond acceptors (Lipinski definition) is 3. The quantitative estimate of drug-likeness (QED) is 0.909. The van der Waals surface area contributed by atoms with E-state index in [-0.39, 0.29) is 17.0 Å². The fraction of sp³-hybridized carbons (Fsp3) is 0.500. The minimum atomic E-state index is -4.66. The van der Waals surface area contributed by atoms with Crippen molar-refractivity contribution in [2.45, 2.75) is 38.1 Å². The number of hydrogen-bond donors (Lipinski definition) is 1. The van der Waals surface area contributed by atoms with Gasteiger partial charge in [-0.05, 0) is 37.5 Å². The molecule has 21 heavy (non-hydrogen) atoms. The van der Waals surface area contributed by atoms with Crippen LogP contribution in [0.3, 0.4) is 0 Å². The van der Waals surface area contributed by atoms with Crippen LogP contribution >= 0.6 is 11.6 Å². The Morgan fingerprint density at radius 1 is 1.48 bits per heavy atom. The van der Waals surface area contributed by atoms with Crippen molar-refractivity contribution in [3.05, 3.63) is 28.3 Å². The molecule has 2 atom stereocenters. The van der Waals surface area contributed by atoms with Gasteiger partial charge in [-0.15, -0.1) is 0 Å². The van der Waals surface area contributed by atoms with Crippen molar-refractivity contribution in [2.24, 2.45) is 0 Å². The molecule has 3 nitrogen and oxygen atoms in total. The highest BCUT2D eigenvalue weighted by Crippen LogP contribution is 2.37.